The number of hydrogen-bond donors (Lipinski definition) is 2. The fourth-order valence-corrected chi connectivity index (χ4v) is 2.60. The van der Waals surface area contributed by atoms with Crippen LogP contribution in [0.15, 0.2) is 35.5 Å². The van der Waals surface area contributed by atoms with Gasteiger partial charge in [0.05, 0.1) is 31.1 Å². The number of pyridine rings is 1. The Labute approximate surface area is 151 Å². The van der Waals surface area contributed by atoms with Crippen molar-refractivity contribution in [1.82, 2.24) is 19.4 Å². The smallest absolute Gasteiger partial charge is 0.322 e. The Morgan fingerprint density at radius 1 is 1.38 bits per heavy atom. The number of ether oxygens (including phenoxy) is 1. The summed E-state index contributed by atoms with van der Waals surface area (Å²) in [7, 11) is 1.66. The van der Waals surface area contributed by atoms with E-state index < -0.39 is 0 Å². The van der Waals surface area contributed by atoms with Gasteiger partial charge in [0.1, 0.15) is 0 Å². The first-order valence-corrected chi connectivity index (χ1v) is 8.38. The van der Waals surface area contributed by atoms with E-state index in [-0.39, 0.29) is 23.5 Å². The van der Waals surface area contributed by atoms with E-state index in [1.54, 1.807) is 30.5 Å². The summed E-state index contributed by atoms with van der Waals surface area (Å²) in [5.74, 6) is 0.269. The molecule has 1 aliphatic rings. The fraction of sp³-hybridized carbons (Fsp3) is 0.412. The SMILES string of the molecule is Cc1ccc(NC(=O)N2CCO[C@@H](CNc3nccn(C)c3=O)C2)cn1. The van der Waals surface area contributed by atoms with E-state index in [2.05, 4.69) is 20.6 Å². The van der Waals surface area contributed by atoms with Crippen LogP contribution in [0.4, 0.5) is 16.3 Å². The minimum atomic E-state index is -0.225. The molecule has 9 nitrogen and oxygen atoms in total. The largest absolute Gasteiger partial charge is 0.373 e. The topological polar surface area (TPSA) is 101 Å². The molecule has 0 bridgehead atoms. The van der Waals surface area contributed by atoms with Crippen molar-refractivity contribution < 1.29 is 9.53 Å². The Morgan fingerprint density at radius 2 is 2.23 bits per heavy atom. The first-order chi connectivity index (χ1) is 12.5. The summed E-state index contributed by atoms with van der Waals surface area (Å²) < 4.78 is 7.13. The number of urea groups is 1. The standard InChI is InChI=1S/C17H22N6O3/c1-12-3-4-13(9-19-12)21-17(25)23-7-8-26-14(11-23)10-20-15-16(24)22(2)6-5-18-15/h3-6,9,14H,7-8,10-11H2,1-2H3,(H,18,20)(H,21,25)/t14-/m0/s1. The summed E-state index contributed by atoms with van der Waals surface area (Å²) >= 11 is 0. The minimum absolute atomic E-state index is 0.197. The average molecular weight is 358 g/mol. The lowest BCUT2D eigenvalue weighted by atomic mass is 10.2. The van der Waals surface area contributed by atoms with E-state index in [1.807, 2.05) is 19.1 Å². The predicted molar refractivity (Wildman–Crippen MR) is 97.3 cm³/mol. The van der Waals surface area contributed by atoms with Gasteiger partial charge >= 0.3 is 6.03 Å². The molecule has 3 heterocycles. The van der Waals surface area contributed by atoms with Crippen molar-refractivity contribution in [3.8, 4) is 0 Å². The highest BCUT2D eigenvalue weighted by molar-refractivity contribution is 5.89. The van der Waals surface area contributed by atoms with Gasteiger partial charge in [-0.15, -0.1) is 0 Å². The molecule has 9 heteroatoms. The van der Waals surface area contributed by atoms with Gasteiger partial charge in [0.25, 0.3) is 5.56 Å². The second kappa shape index (κ2) is 7.96. The highest BCUT2D eigenvalue weighted by Gasteiger charge is 2.24. The maximum Gasteiger partial charge on any atom is 0.322 e. The number of morpholine rings is 1. The van der Waals surface area contributed by atoms with Gasteiger partial charge in [-0.2, -0.15) is 0 Å². The van der Waals surface area contributed by atoms with Crippen LogP contribution in [0.3, 0.4) is 0 Å². The lowest BCUT2D eigenvalue weighted by Crippen LogP contribution is -2.49. The number of aryl methyl sites for hydroxylation is 2. The molecule has 1 atom stereocenters. The molecule has 0 spiro atoms. The summed E-state index contributed by atoms with van der Waals surface area (Å²) in [5.41, 5.74) is 1.34. The minimum Gasteiger partial charge on any atom is -0.373 e. The number of nitrogens with one attached hydrogen (secondary N) is 2. The van der Waals surface area contributed by atoms with Crippen molar-refractivity contribution in [3.63, 3.8) is 0 Å². The quantitative estimate of drug-likeness (QED) is 0.839. The first-order valence-electron chi connectivity index (χ1n) is 8.38. The number of carbonyl (C=O) groups excluding carboxylic acids is 1. The molecule has 3 rings (SSSR count). The van der Waals surface area contributed by atoms with Crippen molar-refractivity contribution in [1.29, 1.82) is 0 Å². The third-order valence-electron chi connectivity index (χ3n) is 4.10. The van der Waals surface area contributed by atoms with Crippen LogP contribution >= 0.6 is 0 Å². The number of hydrogen-bond acceptors (Lipinski definition) is 6. The Morgan fingerprint density at radius 3 is 3.00 bits per heavy atom. The molecule has 2 amide bonds. The summed E-state index contributed by atoms with van der Waals surface area (Å²) in [6.45, 7) is 3.65. The molecule has 1 saturated heterocycles. The van der Waals surface area contributed by atoms with Gasteiger partial charge < -0.3 is 24.8 Å². The zero-order valence-electron chi connectivity index (χ0n) is 14.8. The average Bonchev–Trinajstić information content (AvgIpc) is 2.65. The van der Waals surface area contributed by atoms with E-state index in [0.29, 0.717) is 31.9 Å². The van der Waals surface area contributed by atoms with Gasteiger partial charge in [0.2, 0.25) is 0 Å². The van der Waals surface area contributed by atoms with Crippen LogP contribution < -0.4 is 16.2 Å². The predicted octanol–water partition coefficient (Wildman–Crippen LogP) is 0.829. The Bertz CT molecular complexity index is 820. The molecule has 2 N–H and O–H groups in total. The number of amides is 2. The third kappa shape index (κ3) is 4.37. The van der Waals surface area contributed by atoms with Crippen LogP contribution in [-0.2, 0) is 11.8 Å². The van der Waals surface area contributed by atoms with Crippen LogP contribution in [-0.4, -0.2) is 57.8 Å². The molecule has 1 aliphatic heterocycles. The molecule has 2 aromatic rings. The maximum absolute atomic E-state index is 12.4. The fourth-order valence-electron chi connectivity index (χ4n) is 2.60. The van der Waals surface area contributed by atoms with Crippen molar-refractivity contribution in [2.75, 3.05) is 36.9 Å². The van der Waals surface area contributed by atoms with E-state index in [4.69, 9.17) is 4.74 Å². The summed E-state index contributed by atoms with van der Waals surface area (Å²) in [5, 5.41) is 5.83. The Balaban J connectivity index is 1.55. The van der Waals surface area contributed by atoms with E-state index >= 15 is 0 Å². The van der Waals surface area contributed by atoms with Gasteiger partial charge in [-0.25, -0.2) is 9.78 Å². The molecule has 26 heavy (non-hydrogen) atoms. The highest BCUT2D eigenvalue weighted by atomic mass is 16.5. The summed E-state index contributed by atoms with van der Waals surface area (Å²) in [6, 6.07) is 3.46. The van der Waals surface area contributed by atoms with Crippen LogP contribution in [0.1, 0.15) is 5.69 Å². The zero-order chi connectivity index (χ0) is 18.5. The zero-order valence-corrected chi connectivity index (χ0v) is 14.8. The second-order valence-electron chi connectivity index (χ2n) is 6.13. The van der Waals surface area contributed by atoms with Gasteiger partial charge in [-0.3, -0.25) is 9.78 Å². The van der Waals surface area contributed by atoms with Gasteiger partial charge in [-0.1, -0.05) is 0 Å². The van der Waals surface area contributed by atoms with Gasteiger partial charge in [-0.05, 0) is 19.1 Å². The molecule has 0 aromatic carbocycles. The van der Waals surface area contributed by atoms with Gasteiger partial charge in [0, 0.05) is 38.2 Å². The molecule has 0 aliphatic carbocycles. The molecular formula is C17H22N6O3. The Kier molecular flexibility index (Phi) is 5.47. The summed E-state index contributed by atoms with van der Waals surface area (Å²) in [4.78, 5) is 34.3. The lowest BCUT2D eigenvalue weighted by molar-refractivity contribution is -0.00450. The number of rotatable bonds is 4. The van der Waals surface area contributed by atoms with Crippen LogP contribution in [0, 0.1) is 6.92 Å². The number of carbonyl (C=O) groups is 1. The first kappa shape index (κ1) is 17.9. The van der Waals surface area contributed by atoms with Crippen molar-refractivity contribution in [2.24, 2.45) is 7.05 Å². The maximum atomic E-state index is 12.4. The second-order valence-corrected chi connectivity index (χ2v) is 6.13. The highest BCUT2D eigenvalue weighted by Crippen LogP contribution is 2.10. The van der Waals surface area contributed by atoms with Crippen LogP contribution in [0.5, 0.6) is 0 Å². The Hall–Kier alpha value is -2.94. The van der Waals surface area contributed by atoms with E-state index in [9.17, 15) is 9.59 Å². The molecule has 0 saturated carbocycles. The molecule has 0 radical (unpaired) electrons. The molecule has 138 valence electrons. The van der Waals surface area contributed by atoms with Crippen molar-refractivity contribution in [3.05, 3.63) is 46.8 Å². The van der Waals surface area contributed by atoms with Crippen LogP contribution in [0.25, 0.3) is 0 Å². The number of nitrogens with zero attached hydrogens (tertiary/aromatic N) is 4. The van der Waals surface area contributed by atoms with Crippen molar-refractivity contribution >= 4 is 17.5 Å². The summed E-state index contributed by atoms with van der Waals surface area (Å²) in [6.07, 6.45) is 4.55. The third-order valence-corrected chi connectivity index (χ3v) is 4.10. The molecule has 0 unspecified atom stereocenters. The normalized spacial score (nSPS) is 17.0. The molecular weight excluding hydrogens is 336 g/mol. The van der Waals surface area contributed by atoms with Crippen LogP contribution in [0.2, 0.25) is 0 Å². The van der Waals surface area contributed by atoms with E-state index in [0.717, 1.165) is 5.69 Å². The monoisotopic (exact) mass is 358 g/mol. The molecule has 2 aromatic heterocycles. The number of aromatic nitrogens is 3. The van der Waals surface area contributed by atoms with Crippen molar-refractivity contribution in [2.45, 2.75) is 13.0 Å². The molecule has 1 fully saturated rings. The number of anilines is 2. The lowest BCUT2D eigenvalue weighted by Gasteiger charge is -2.33. The van der Waals surface area contributed by atoms with Gasteiger partial charge in [0.15, 0.2) is 5.82 Å². The van der Waals surface area contributed by atoms with E-state index in [1.165, 1.54) is 4.57 Å².